The zero-order valence-corrected chi connectivity index (χ0v) is 14.6. The average Bonchev–Trinajstić information content (AvgIpc) is 2.93. The second-order valence-corrected chi connectivity index (χ2v) is 6.83. The van der Waals surface area contributed by atoms with Gasteiger partial charge in [0.25, 0.3) is 0 Å². The Bertz CT molecular complexity index is 696. The zero-order valence-electron chi connectivity index (χ0n) is 13.8. The molecule has 0 spiro atoms. The summed E-state index contributed by atoms with van der Waals surface area (Å²) in [6.07, 6.45) is 0.121. The van der Waals surface area contributed by atoms with E-state index in [-0.39, 0.29) is 23.9 Å². The maximum atomic E-state index is 12.4. The molecule has 128 valence electrons. The van der Waals surface area contributed by atoms with Crippen molar-refractivity contribution in [1.82, 2.24) is 19.8 Å². The summed E-state index contributed by atoms with van der Waals surface area (Å²) >= 11 is 1.30. The van der Waals surface area contributed by atoms with E-state index >= 15 is 0 Å². The molecule has 2 atom stereocenters. The number of nitrogens with zero attached hydrogens (tertiary/aromatic N) is 4. The molecule has 2 aromatic rings. The summed E-state index contributed by atoms with van der Waals surface area (Å²) in [6, 6.07) is 9.61. The predicted molar refractivity (Wildman–Crippen MR) is 92.9 cm³/mol. The molecule has 0 radical (unpaired) electrons. The second kappa shape index (κ2) is 7.23. The molecular formula is C16H21N5O2S. The molecule has 0 aliphatic carbocycles. The number of benzene rings is 1. The third-order valence-corrected chi connectivity index (χ3v) is 4.72. The highest BCUT2D eigenvalue weighted by atomic mass is 32.2. The Labute approximate surface area is 145 Å². The first-order chi connectivity index (χ1) is 11.5. The number of hydrogen-bond donors (Lipinski definition) is 1. The number of morpholine rings is 1. The normalized spacial score (nSPS) is 21.0. The number of thioether (sulfide) groups is 1. The lowest BCUT2D eigenvalue weighted by molar-refractivity contribution is -0.140. The van der Waals surface area contributed by atoms with Gasteiger partial charge in [0.15, 0.2) is 5.82 Å². The monoisotopic (exact) mass is 347 g/mol. The van der Waals surface area contributed by atoms with Crippen LogP contribution in [0.3, 0.4) is 0 Å². The van der Waals surface area contributed by atoms with Crippen molar-refractivity contribution in [2.24, 2.45) is 0 Å². The van der Waals surface area contributed by atoms with Crippen molar-refractivity contribution in [1.29, 1.82) is 0 Å². The molecule has 1 aromatic heterocycles. The molecule has 0 saturated carbocycles. The van der Waals surface area contributed by atoms with Gasteiger partial charge in [0.05, 0.1) is 18.0 Å². The lowest BCUT2D eigenvalue weighted by atomic mass is 10.2. The van der Waals surface area contributed by atoms with Crippen LogP contribution in [0.4, 0.5) is 0 Å². The highest BCUT2D eigenvalue weighted by Crippen LogP contribution is 2.22. The van der Waals surface area contributed by atoms with Gasteiger partial charge in [-0.05, 0) is 13.8 Å². The van der Waals surface area contributed by atoms with Crippen LogP contribution in [0.5, 0.6) is 0 Å². The third-order valence-electron chi connectivity index (χ3n) is 3.79. The van der Waals surface area contributed by atoms with E-state index < -0.39 is 0 Å². The Kier molecular flexibility index (Phi) is 5.06. The summed E-state index contributed by atoms with van der Waals surface area (Å²) in [6.45, 7) is 5.19. The van der Waals surface area contributed by atoms with Crippen molar-refractivity contribution >= 4 is 17.7 Å². The SMILES string of the molecule is CC1CN(C(=O)CSc2nnc(-c3ccccc3)n2N)CC(C)O1. The van der Waals surface area contributed by atoms with Crippen LogP contribution in [0, 0.1) is 0 Å². The average molecular weight is 347 g/mol. The molecule has 1 fully saturated rings. The van der Waals surface area contributed by atoms with Crippen molar-refractivity contribution in [3.8, 4) is 11.4 Å². The molecule has 2 N–H and O–H groups in total. The Balaban J connectivity index is 1.63. The zero-order chi connectivity index (χ0) is 17.1. The fraction of sp³-hybridized carbons (Fsp3) is 0.438. The Morgan fingerprint density at radius 2 is 1.92 bits per heavy atom. The molecule has 2 heterocycles. The third kappa shape index (κ3) is 3.70. The van der Waals surface area contributed by atoms with Gasteiger partial charge in [-0.3, -0.25) is 4.79 Å². The molecule has 1 aliphatic heterocycles. The summed E-state index contributed by atoms with van der Waals surface area (Å²) in [5.74, 6) is 7.00. The van der Waals surface area contributed by atoms with Crippen molar-refractivity contribution in [3.63, 3.8) is 0 Å². The van der Waals surface area contributed by atoms with Crippen LogP contribution in [0.2, 0.25) is 0 Å². The number of amides is 1. The topological polar surface area (TPSA) is 86.3 Å². The molecule has 2 unspecified atom stereocenters. The number of nitrogens with two attached hydrogens (primary N) is 1. The number of aromatic nitrogens is 3. The lowest BCUT2D eigenvalue weighted by Gasteiger charge is -2.35. The van der Waals surface area contributed by atoms with Crippen LogP contribution in [0.15, 0.2) is 35.5 Å². The number of carbonyl (C=O) groups is 1. The van der Waals surface area contributed by atoms with Crippen LogP contribution in [-0.4, -0.2) is 56.7 Å². The fourth-order valence-corrected chi connectivity index (χ4v) is 3.52. The molecular weight excluding hydrogens is 326 g/mol. The number of carbonyl (C=O) groups excluding carboxylic acids is 1. The van der Waals surface area contributed by atoms with E-state index in [4.69, 9.17) is 10.6 Å². The van der Waals surface area contributed by atoms with E-state index in [0.717, 1.165) is 5.56 Å². The van der Waals surface area contributed by atoms with Crippen LogP contribution in [-0.2, 0) is 9.53 Å². The predicted octanol–water partition coefficient (Wildman–Crippen LogP) is 1.39. The standard InChI is InChI=1S/C16H21N5O2S/c1-11-8-20(9-12(2)23-11)14(22)10-24-16-19-18-15(21(16)17)13-6-4-3-5-7-13/h3-7,11-12H,8-10,17H2,1-2H3. The number of rotatable bonds is 4. The summed E-state index contributed by atoms with van der Waals surface area (Å²) in [5.41, 5.74) is 0.890. The Morgan fingerprint density at radius 1 is 1.25 bits per heavy atom. The molecule has 7 nitrogen and oxygen atoms in total. The van der Waals surface area contributed by atoms with Gasteiger partial charge >= 0.3 is 0 Å². The van der Waals surface area contributed by atoms with Gasteiger partial charge in [-0.15, -0.1) is 10.2 Å². The van der Waals surface area contributed by atoms with Gasteiger partial charge in [-0.1, -0.05) is 42.1 Å². The minimum atomic E-state index is 0.0607. The maximum absolute atomic E-state index is 12.4. The van der Waals surface area contributed by atoms with Crippen molar-refractivity contribution in [2.45, 2.75) is 31.2 Å². The van der Waals surface area contributed by atoms with Gasteiger partial charge < -0.3 is 15.5 Å². The van der Waals surface area contributed by atoms with E-state index in [2.05, 4.69) is 10.2 Å². The fourth-order valence-electron chi connectivity index (χ4n) is 2.76. The number of nitrogen functional groups attached to an aromatic ring is 1. The quantitative estimate of drug-likeness (QED) is 0.664. The van der Waals surface area contributed by atoms with E-state index in [1.54, 1.807) is 0 Å². The first kappa shape index (κ1) is 16.8. The van der Waals surface area contributed by atoms with Crippen molar-refractivity contribution in [2.75, 3.05) is 24.7 Å². The number of hydrogen-bond acceptors (Lipinski definition) is 6. The maximum Gasteiger partial charge on any atom is 0.233 e. The van der Waals surface area contributed by atoms with Gasteiger partial charge in [0.1, 0.15) is 0 Å². The molecule has 1 saturated heterocycles. The van der Waals surface area contributed by atoms with Crippen molar-refractivity contribution in [3.05, 3.63) is 30.3 Å². The molecule has 8 heteroatoms. The van der Waals surface area contributed by atoms with Gasteiger partial charge in [0.2, 0.25) is 11.1 Å². The molecule has 1 aliphatic rings. The highest BCUT2D eigenvalue weighted by Gasteiger charge is 2.26. The van der Waals surface area contributed by atoms with Crippen LogP contribution >= 0.6 is 11.8 Å². The van der Waals surface area contributed by atoms with Crippen molar-refractivity contribution < 1.29 is 9.53 Å². The highest BCUT2D eigenvalue weighted by molar-refractivity contribution is 7.99. The van der Waals surface area contributed by atoms with Crippen LogP contribution in [0.1, 0.15) is 13.8 Å². The molecule has 0 bridgehead atoms. The minimum Gasteiger partial charge on any atom is -0.372 e. The smallest absolute Gasteiger partial charge is 0.233 e. The largest absolute Gasteiger partial charge is 0.372 e. The van der Waals surface area contributed by atoms with Gasteiger partial charge in [0, 0.05) is 18.7 Å². The number of ether oxygens (including phenoxy) is 1. The first-order valence-corrected chi connectivity index (χ1v) is 8.85. The summed E-state index contributed by atoms with van der Waals surface area (Å²) < 4.78 is 7.08. The first-order valence-electron chi connectivity index (χ1n) is 7.86. The van der Waals surface area contributed by atoms with Crippen LogP contribution < -0.4 is 5.84 Å². The molecule has 1 amide bonds. The van der Waals surface area contributed by atoms with E-state index in [0.29, 0.717) is 24.1 Å². The summed E-state index contributed by atoms with van der Waals surface area (Å²) in [4.78, 5) is 14.2. The second-order valence-electron chi connectivity index (χ2n) is 5.89. The minimum absolute atomic E-state index is 0.0607. The summed E-state index contributed by atoms with van der Waals surface area (Å²) in [7, 11) is 0. The lowest BCUT2D eigenvalue weighted by Crippen LogP contribution is -2.48. The summed E-state index contributed by atoms with van der Waals surface area (Å²) in [5, 5.41) is 8.74. The Morgan fingerprint density at radius 3 is 2.58 bits per heavy atom. The van der Waals surface area contributed by atoms with Gasteiger partial charge in [-0.25, -0.2) is 4.68 Å². The van der Waals surface area contributed by atoms with E-state index in [9.17, 15) is 4.79 Å². The molecule has 1 aromatic carbocycles. The molecule has 3 rings (SSSR count). The van der Waals surface area contributed by atoms with E-state index in [1.165, 1.54) is 16.4 Å². The van der Waals surface area contributed by atoms with Crippen LogP contribution in [0.25, 0.3) is 11.4 Å². The van der Waals surface area contributed by atoms with Gasteiger partial charge in [-0.2, -0.15) is 0 Å². The van der Waals surface area contributed by atoms with E-state index in [1.807, 2.05) is 49.1 Å². The molecule has 24 heavy (non-hydrogen) atoms. The Hall–Kier alpha value is -2.06.